The fraction of sp³-hybridized carbons (Fsp3) is 0.667. The molecule has 1 aromatic heterocycles. The molecular weight excluding hydrogens is 244 g/mol. The van der Waals surface area contributed by atoms with Crippen molar-refractivity contribution < 1.29 is 13.2 Å². The Morgan fingerprint density at radius 2 is 2.29 bits per heavy atom. The minimum atomic E-state index is -2.99. The molecule has 1 saturated heterocycles. The summed E-state index contributed by atoms with van der Waals surface area (Å²) in [4.78, 5) is 14.7. The summed E-state index contributed by atoms with van der Waals surface area (Å²) in [6.07, 6.45) is 1.87. The van der Waals surface area contributed by atoms with Crippen LogP contribution < -0.4 is 0 Å². The van der Waals surface area contributed by atoms with Gasteiger partial charge in [-0.15, -0.1) is 5.10 Å². The quantitative estimate of drug-likeness (QED) is 0.684. The molecule has 1 aliphatic rings. The molecule has 1 aromatic rings. The van der Waals surface area contributed by atoms with E-state index in [1.54, 1.807) is 14.1 Å². The van der Waals surface area contributed by atoms with Gasteiger partial charge in [0.25, 0.3) is 5.91 Å². The molecule has 0 spiro atoms. The van der Waals surface area contributed by atoms with E-state index in [0.29, 0.717) is 6.42 Å². The van der Waals surface area contributed by atoms with Crippen LogP contribution in [0.15, 0.2) is 6.20 Å². The summed E-state index contributed by atoms with van der Waals surface area (Å²) in [7, 11) is 0.235. The van der Waals surface area contributed by atoms with Crippen LogP contribution in [-0.2, 0) is 16.9 Å². The van der Waals surface area contributed by atoms with Crippen LogP contribution >= 0.6 is 0 Å². The maximum Gasteiger partial charge on any atom is 0.276 e. The standard InChI is InChI=1S/C9H14N4O3S/c1-12(7-3-4-17(15,16)6-7)9(14)8-5-10-13(2)11-8/h5,7H,3-4,6H2,1-2H3. The minimum absolute atomic E-state index is 0.0372. The van der Waals surface area contributed by atoms with Gasteiger partial charge in [-0.05, 0) is 6.42 Å². The molecule has 1 atom stereocenters. The highest BCUT2D eigenvalue weighted by atomic mass is 32.2. The lowest BCUT2D eigenvalue weighted by Crippen LogP contribution is -2.38. The Hall–Kier alpha value is -1.44. The van der Waals surface area contributed by atoms with Gasteiger partial charge in [-0.2, -0.15) is 9.90 Å². The Morgan fingerprint density at radius 3 is 2.76 bits per heavy atom. The second-order valence-electron chi connectivity index (χ2n) is 4.19. The average Bonchev–Trinajstić information content (AvgIpc) is 2.82. The monoisotopic (exact) mass is 258 g/mol. The number of rotatable bonds is 2. The highest BCUT2D eigenvalue weighted by Gasteiger charge is 2.33. The predicted molar refractivity (Wildman–Crippen MR) is 60.2 cm³/mol. The SMILES string of the molecule is CN(C(=O)c1cnn(C)n1)C1CCS(=O)(=O)C1. The van der Waals surface area contributed by atoms with Gasteiger partial charge in [0.05, 0.1) is 17.7 Å². The molecule has 0 radical (unpaired) electrons. The first kappa shape index (κ1) is 12.0. The zero-order valence-electron chi connectivity index (χ0n) is 9.70. The summed E-state index contributed by atoms with van der Waals surface area (Å²) >= 11 is 0. The first-order valence-corrected chi connectivity index (χ1v) is 7.05. The van der Waals surface area contributed by atoms with E-state index in [-0.39, 0.29) is 29.1 Å². The van der Waals surface area contributed by atoms with Crippen molar-refractivity contribution in [3.05, 3.63) is 11.9 Å². The summed E-state index contributed by atoms with van der Waals surface area (Å²) in [6.45, 7) is 0. The fourth-order valence-corrected chi connectivity index (χ4v) is 3.65. The summed E-state index contributed by atoms with van der Waals surface area (Å²) < 4.78 is 22.7. The van der Waals surface area contributed by atoms with Crippen molar-refractivity contribution >= 4 is 15.7 Å². The first-order chi connectivity index (χ1) is 7.89. The zero-order valence-corrected chi connectivity index (χ0v) is 10.5. The number of carbonyl (C=O) groups excluding carboxylic acids is 1. The van der Waals surface area contributed by atoms with E-state index in [2.05, 4.69) is 10.2 Å². The lowest BCUT2D eigenvalue weighted by molar-refractivity contribution is 0.0741. The second kappa shape index (κ2) is 4.10. The van der Waals surface area contributed by atoms with Crippen molar-refractivity contribution in [1.82, 2.24) is 19.9 Å². The van der Waals surface area contributed by atoms with Gasteiger partial charge >= 0.3 is 0 Å². The Labute approximate surface area is 99.3 Å². The Kier molecular flexibility index (Phi) is 2.90. The summed E-state index contributed by atoms with van der Waals surface area (Å²) in [6, 6.07) is -0.255. The second-order valence-corrected chi connectivity index (χ2v) is 6.42. The van der Waals surface area contributed by atoms with Crippen molar-refractivity contribution in [3.63, 3.8) is 0 Å². The number of carbonyl (C=O) groups is 1. The molecule has 2 heterocycles. The molecule has 1 amide bonds. The number of amides is 1. The van der Waals surface area contributed by atoms with Gasteiger partial charge in [0.15, 0.2) is 15.5 Å². The average molecular weight is 258 g/mol. The third-order valence-electron chi connectivity index (χ3n) is 2.90. The molecule has 7 nitrogen and oxygen atoms in total. The van der Waals surface area contributed by atoms with E-state index in [9.17, 15) is 13.2 Å². The van der Waals surface area contributed by atoms with Crippen molar-refractivity contribution in [2.24, 2.45) is 7.05 Å². The van der Waals surface area contributed by atoms with Gasteiger partial charge in [-0.25, -0.2) is 8.42 Å². The lowest BCUT2D eigenvalue weighted by atomic mass is 10.2. The van der Waals surface area contributed by atoms with Crippen molar-refractivity contribution in [2.45, 2.75) is 12.5 Å². The Balaban J connectivity index is 2.11. The molecule has 17 heavy (non-hydrogen) atoms. The van der Waals surface area contributed by atoms with Crippen LogP contribution in [0.4, 0.5) is 0 Å². The van der Waals surface area contributed by atoms with Gasteiger partial charge in [0.2, 0.25) is 0 Å². The van der Waals surface area contributed by atoms with Crippen molar-refractivity contribution in [3.8, 4) is 0 Å². The summed E-state index contributed by atoms with van der Waals surface area (Å²) in [5.41, 5.74) is 0.235. The minimum Gasteiger partial charge on any atom is -0.336 e. The molecule has 1 aliphatic heterocycles. The molecule has 94 valence electrons. The molecule has 8 heteroatoms. The highest BCUT2D eigenvalue weighted by molar-refractivity contribution is 7.91. The fourth-order valence-electron chi connectivity index (χ4n) is 1.87. The zero-order chi connectivity index (χ0) is 12.6. The van der Waals surface area contributed by atoms with Gasteiger partial charge < -0.3 is 4.90 Å². The highest BCUT2D eigenvalue weighted by Crippen LogP contribution is 2.17. The van der Waals surface area contributed by atoms with Gasteiger partial charge in [0, 0.05) is 20.1 Å². The molecule has 2 rings (SSSR count). The number of nitrogens with zero attached hydrogens (tertiary/aromatic N) is 4. The van der Waals surface area contributed by atoms with E-state index in [4.69, 9.17) is 0 Å². The van der Waals surface area contributed by atoms with Crippen LogP contribution in [0.2, 0.25) is 0 Å². The molecular formula is C9H14N4O3S. The Morgan fingerprint density at radius 1 is 1.59 bits per heavy atom. The lowest BCUT2D eigenvalue weighted by Gasteiger charge is -2.21. The molecule has 0 bridgehead atoms. The molecule has 0 aliphatic carbocycles. The Bertz CT molecular complexity index is 536. The number of hydrogen-bond donors (Lipinski definition) is 0. The smallest absolute Gasteiger partial charge is 0.276 e. The molecule has 0 N–H and O–H groups in total. The van der Waals surface area contributed by atoms with Gasteiger partial charge in [0.1, 0.15) is 0 Å². The normalized spacial score (nSPS) is 22.6. The van der Waals surface area contributed by atoms with Crippen LogP contribution in [-0.4, -0.2) is 58.8 Å². The van der Waals surface area contributed by atoms with Crippen molar-refractivity contribution in [1.29, 1.82) is 0 Å². The molecule has 1 fully saturated rings. The number of aromatic nitrogens is 3. The van der Waals surface area contributed by atoms with E-state index in [0.717, 1.165) is 0 Å². The third kappa shape index (κ3) is 2.46. The van der Waals surface area contributed by atoms with E-state index < -0.39 is 9.84 Å². The topological polar surface area (TPSA) is 85.2 Å². The van der Waals surface area contributed by atoms with Crippen molar-refractivity contribution in [2.75, 3.05) is 18.6 Å². The molecule has 0 aromatic carbocycles. The first-order valence-electron chi connectivity index (χ1n) is 5.23. The molecule has 0 saturated carbocycles. The number of hydrogen-bond acceptors (Lipinski definition) is 5. The third-order valence-corrected chi connectivity index (χ3v) is 4.65. The predicted octanol–water partition coefficient (Wildman–Crippen LogP) is -0.926. The van der Waals surface area contributed by atoms with Crippen LogP contribution in [0.3, 0.4) is 0 Å². The van der Waals surface area contributed by atoms with Crippen LogP contribution in [0, 0.1) is 0 Å². The van der Waals surface area contributed by atoms with Crippen LogP contribution in [0.5, 0.6) is 0 Å². The maximum absolute atomic E-state index is 12.0. The van der Waals surface area contributed by atoms with Crippen LogP contribution in [0.1, 0.15) is 16.9 Å². The van der Waals surface area contributed by atoms with E-state index >= 15 is 0 Å². The largest absolute Gasteiger partial charge is 0.336 e. The van der Waals surface area contributed by atoms with Gasteiger partial charge in [-0.3, -0.25) is 4.79 Å². The van der Waals surface area contributed by atoms with E-state index in [1.165, 1.54) is 15.9 Å². The van der Waals surface area contributed by atoms with Gasteiger partial charge in [-0.1, -0.05) is 0 Å². The number of aryl methyl sites for hydroxylation is 1. The molecule has 1 unspecified atom stereocenters. The van der Waals surface area contributed by atoms with Crippen LogP contribution in [0.25, 0.3) is 0 Å². The summed E-state index contributed by atoms with van der Waals surface area (Å²) in [5, 5.41) is 7.72. The number of sulfone groups is 1. The van der Waals surface area contributed by atoms with E-state index in [1.807, 2.05) is 0 Å². The summed E-state index contributed by atoms with van der Waals surface area (Å²) in [5.74, 6) is -0.106. The maximum atomic E-state index is 12.0.